The monoisotopic (exact) mass is 547 g/mol. The highest BCUT2D eigenvalue weighted by atomic mass is 19.1. The molecule has 210 valence electrons. The van der Waals surface area contributed by atoms with E-state index in [9.17, 15) is 18.8 Å². The molecule has 2 aliphatic heterocycles. The molecule has 1 atom stereocenters. The second-order valence-electron chi connectivity index (χ2n) is 11.2. The predicted octanol–water partition coefficient (Wildman–Crippen LogP) is 4.79. The van der Waals surface area contributed by atoms with Crippen LogP contribution in [0.25, 0.3) is 11.3 Å². The number of amides is 2. The Kier molecular flexibility index (Phi) is 7.42. The van der Waals surface area contributed by atoms with Gasteiger partial charge in [-0.1, -0.05) is 6.07 Å². The molecule has 39 heavy (non-hydrogen) atoms. The van der Waals surface area contributed by atoms with E-state index in [0.29, 0.717) is 0 Å². The van der Waals surface area contributed by atoms with Crippen LogP contribution in [0.15, 0.2) is 24.3 Å². The lowest BCUT2D eigenvalue weighted by Crippen LogP contribution is -2.58. The molecule has 0 radical (unpaired) electrons. The number of rotatable bonds is 2. The minimum Gasteiger partial charge on any atom is -0.490 e. The number of piperazine rings is 1. The standard InChI is InChI=1S/C27H31F2N3O7/c1-26(2,3)38-24(34)31-10-11-32-15(13-31)14-36-19-12-17(30-22(29)21(19)23(32)33)20-16(28)8-7-9-18(20)37-25(35)39-27(4,5)6/h7-9,12,15H,10-11,13-14H2,1-6H3/t15-/m1/s1. The van der Waals surface area contributed by atoms with Crippen LogP contribution in [0.4, 0.5) is 18.4 Å². The summed E-state index contributed by atoms with van der Waals surface area (Å²) in [5.74, 6) is -3.07. The van der Waals surface area contributed by atoms with Crippen molar-refractivity contribution in [1.29, 1.82) is 0 Å². The van der Waals surface area contributed by atoms with Gasteiger partial charge in [0.25, 0.3) is 5.91 Å². The molecule has 3 heterocycles. The fraction of sp³-hybridized carbons (Fsp3) is 0.481. The van der Waals surface area contributed by atoms with Gasteiger partial charge < -0.3 is 28.7 Å². The molecule has 4 rings (SSSR count). The van der Waals surface area contributed by atoms with Crippen LogP contribution >= 0.6 is 0 Å². The average molecular weight is 548 g/mol. The van der Waals surface area contributed by atoms with Gasteiger partial charge >= 0.3 is 12.2 Å². The summed E-state index contributed by atoms with van der Waals surface area (Å²) < 4.78 is 51.9. The molecule has 1 fully saturated rings. The second-order valence-corrected chi connectivity index (χ2v) is 11.2. The predicted molar refractivity (Wildman–Crippen MR) is 135 cm³/mol. The van der Waals surface area contributed by atoms with Gasteiger partial charge in [-0.05, 0) is 53.7 Å². The molecule has 0 unspecified atom stereocenters. The number of carbonyl (C=O) groups is 3. The van der Waals surface area contributed by atoms with Crippen LogP contribution < -0.4 is 9.47 Å². The van der Waals surface area contributed by atoms with Crippen LogP contribution in [0.3, 0.4) is 0 Å². The normalized spacial score (nSPS) is 17.4. The number of carbonyl (C=O) groups excluding carboxylic acids is 3. The van der Waals surface area contributed by atoms with E-state index in [0.717, 1.165) is 6.07 Å². The number of hydrogen-bond acceptors (Lipinski definition) is 8. The molecule has 0 bridgehead atoms. The zero-order valence-electron chi connectivity index (χ0n) is 22.7. The van der Waals surface area contributed by atoms with E-state index in [4.69, 9.17) is 18.9 Å². The number of ether oxygens (including phenoxy) is 4. The molecule has 0 saturated carbocycles. The number of hydrogen-bond donors (Lipinski definition) is 0. The number of aromatic nitrogens is 1. The molecule has 2 aromatic rings. The molecule has 0 aliphatic carbocycles. The zero-order chi connectivity index (χ0) is 28.7. The molecule has 1 aromatic heterocycles. The van der Waals surface area contributed by atoms with Crippen molar-refractivity contribution in [3.8, 4) is 22.8 Å². The summed E-state index contributed by atoms with van der Waals surface area (Å²) in [4.78, 5) is 44.8. The van der Waals surface area contributed by atoms with Crippen LogP contribution in [0.2, 0.25) is 0 Å². The fourth-order valence-electron chi connectivity index (χ4n) is 4.21. The lowest BCUT2D eigenvalue weighted by Gasteiger charge is -2.40. The Morgan fingerprint density at radius 1 is 1.03 bits per heavy atom. The summed E-state index contributed by atoms with van der Waals surface area (Å²) in [6, 6.07) is 4.37. The van der Waals surface area contributed by atoms with Gasteiger partial charge in [0.15, 0.2) is 0 Å². The number of pyridine rings is 1. The molecular weight excluding hydrogens is 516 g/mol. The Bertz CT molecular complexity index is 1300. The average Bonchev–Trinajstić information content (AvgIpc) is 2.93. The quantitative estimate of drug-likeness (QED) is 0.300. The molecule has 0 N–H and O–H groups in total. The molecule has 2 aliphatic rings. The Labute approximate surface area is 224 Å². The SMILES string of the molecule is CC(C)(C)OC(=O)Oc1cccc(F)c1-c1cc2c(c(F)n1)C(=O)N1CCN(C(=O)OC(C)(C)C)C[C@@H]1CO2. The summed E-state index contributed by atoms with van der Waals surface area (Å²) >= 11 is 0. The van der Waals surface area contributed by atoms with Gasteiger partial charge in [0.1, 0.15) is 40.7 Å². The Balaban J connectivity index is 1.63. The Morgan fingerprint density at radius 2 is 1.72 bits per heavy atom. The summed E-state index contributed by atoms with van der Waals surface area (Å²) in [5, 5.41) is 0. The van der Waals surface area contributed by atoms with E-state index in [1.807, 2.05) is 0 Å². The smallest absolute Gasteiger partial charge is 0.490 e. The molecule has 12 heteroatoms. The van der Waals surface area contributed by atoms with Crippen LogP contribution in [-0.2, 0) is 9.47 Å². The first-order chi connectivity index (χ1) is 18.1. The van der Waals surface area contributed by atoms with Gasteiger partial charge in [-0.2, -0.15) is 4.39 Å². The highest BCUT2D eigenvalue weighted by Crippen LogP contribution is 2.37. The van der Waals surface area contributed by atoms with Crippen LogP contribution in [0.1, 0.15) is 51.9 Å². The Hall–Kier alpha value is -3.96. The molecule has 0 spiro atoms. The maximum Gasteiger partial charge on any atom is 0.514 e. The number of benzene rings is 1. The van der Waals surface area contributed by atoms with Gasteiger partial charge in [-0.15, -0.1) is 0 Å². The number of halogens is 2. The van der Waals surface area contributed by atoms with Crippen molar-refractivity contribution >= 4 is 18.2 Å². The summed E-state index contributed by atoms with van der Waals surface area (Å²) in [6.07, 6.45) is -1.61. The largest absolute Gasteiger partial charge is 0.514 e. The number of nitrogens with zero attached hydrogens (tertiary/aromatic N) is 3. The summed E-state index contributed by atoms with van der Waals surface area (Å²) in [6.45, 7) is 10.6. The third-order valence-electron chi connectivity index (χ3n) is 5.79. The van der Waals surface area contributed by atoms with Gasteiger partial charge in [0.05, 0.1) is 17.3 Å². The molecule has 2 amide bonds. The first kappa shape index (κ1) is 28.1. The van der Waals surface area contributed by atoms with Crippen molar-refractivity contribution in [2.75, 3.05) is 26.2 Å². The van der Waals surface area contributed by atoms with Crippen molar-refractivity contribution in [2.45, 2.75) is 58.8 Å². The second kappa shape index (κ2) is 10.3. The maximum absolute atomic E-state index is 15.4. The van der Waals surface area contributed by atoms with E-state index in [-0.39, 0.29) is 49.0 Å². The van der Waals surface area contributed by atoms with Gasteiger partial charge in [-0.25, -0.2) is 19.0 Å². The molecular formula is C27H31F2N3O7. The number of fused-ring (bicyclic) bond motifs is 2. The maximum atomic E-state index is 15.4. The lowest BCUT2D eigenvalue weighted by molar-refractivity contribution is 0.000872. The van der Waals surface area contributed by atoms with Gasteiger partial charge in [0.2, 0.25) is 5.95 Å². The molecule has 1 aromatic carbocycles. The first-order valence-electron chi connectivity index (χ1n) is 12.4. The van der Waals surface area contributed by atoms with E-state index < -0.39 is 52.7 Å². The van der Waals surface area contributed by atoms with Gasteiger partial charge in [-0.3, -0.25) is 4.79 Å². The van der Waals surface area contributed by atoms with E-state index in [1.165, 1.54) is 28.0 Å². The van der Waals surface area contributed by atoms with Crippen molar-refractivity contribution in [3.05, 3.63) is 41.6 Å². The fourth-order valence-corrected chi connectivity index (χ4v) is 4.21. The van der Waals surface area contributed by atoms with Crippen molar-refractivity contribution in [1.82, 2.24) is 14.8 Å². The van der Waals surface area contributed by atoms with Crippen molar-refractivity contribution in [3.63, 3.8) is 0 Å². The highest BCUT2D eigenvalue weighted by molar-refractivity contribution is 5.98. The third kappa shape index (κ3) is 6.37. The first-order valence-corrected chi connectivity index (χ1v) is 12.4. The lowest BCUT2D eigenvalue weighted by atomic mass is 10.1. The van der Waals surface area contributed by atoms with E-state index >= 15 is 4.39 Å². The minimum atomic E-state index is -1.17. The zero-order valence-corrected chi connectivity index (χ0v) is 22.7. The van der Waals surface area contributed by atoms with Crippen molar-refractivity contribution in [2.24, 2.45) is 0 Å². The Morgan fingerprint density at radius 3 is 2.38 bits per heavy atom. The third-order valence-corrected chi connectivity index (χ3v) is 5.79. The van der Waals surface area contributed by atoms with Crippen molar-refractivity contribution < 1.29 is 42.1 Å². The van der Waals surface area contributed by atoms with Gasteiger partial charge in [0, 0.05) is 25.7 Å². The van der Waals surface area contributed by atoms with E-state index in [1.54, 1.807) is 41.5 Å². The highest BCUT2D eigenvalue weighted by Gasteiger charge is 2.40. The minimum absolute atomic E-state index is 0.0561. The summed E-state index contributed by atoms with van der Waals surface area (Å²) in [7, 11) is 0. The van der Waals surface area contributed by atoms with Crippen LogP contribution in [0.5, 0.6) is 11.5 Å². The summed E-state index contributed by atoms with van der Waals surface area (Å²) in [5.41, 5.74) is -2.51. The molecule has 1 saturated heterocycles. The molecule has 10 nitrogen and oxygen atoms in total. The van der Waals surface area contributed by atoms with Crippen LogP contribution in [0, 0.1) is 11.8 Å². The van der Waals surface area contributed by atoms with Crippen LogP contribution in [-0.4, -0.2) is 76.4 Å². The topological polar surface area (TPSA) is 108 Å². The van der Waals surface area contributed by atoms with E-state index in [2.05, 4.69) is 4.98 Å².